The number of carboxylic acids is 1. The average molecular weight is 377 g/mol. The molecule has 0 spiro atoms. The van der Waals surface area contributed by atoms with Crippen molar-refractivity contribution in [3.63, 3.8) is 0 Å². The number of hydrogen-bond donors (Lipinski definition) is 2. The van der Waals surface area contributed by atoms with E-state index in [0.29, 0.717) is 32.5 Å². The summed E-state index contributed by atoms with van der Waals surface area (Å²) in [6, 6.07) is 3.98. The monoisotopic (exact) mass is 377 g/mol. The van der Waals surface area contributed by atoms with Crippen LogP contribution in [0, 0.1) is 16.0 Å². The zero-order chi connectivity index (χ0) is 18.5. The van der Waals surface area contributed by atoms with E-state index < -0.39 is 16.8 Å². The third kappa shape index (κ3) is 4.07. The maximum absolute atomic E-state index is 11.6. The minimum atomic E-state index is -0.822. The van der Waals surface area contributed by atoms with Crippen LogP contribution in [0.25, 0.3) is 0 Å². The number of aliphatic carboxylic acids is 1. The number of rotatable bonds is 7. The molecule has 9 nitrogen and oxygen atoms in total. The molecule has 2 N–H and O–H groups in total. The first-order valence-corrected chi connectivity index (χ1v) is 9.17. The van der Waals surface area contributed by atoms with Gasteiger partial charge in [-0.25, -0.2) is 9.97 Å². The van der Waals surface area contributed by atoms with Gasteiger partial charge in [-0.2, -0.15) is 0 Å². The minimum absolute atomic E-state index is 0.160. The maximum Gasteiger partial charge on any atom is 0.353 e. The van der Waals surface area contributed by atoms with Crippen LogP contribution in [0.3, 0.4) is 0 Å². The first-order valence-electron chi connectivity index (χ1n) is 8.29. The van der Waals surface area contributed by atoms with E-state index in [1.807, 2.05) is 17.5 Å². The fourth-order valence-corrected chi connectivity index (χ4v) is 3.70. The number of aromatic nitrogens is 2. The van der Waals surface area contributed by atoms with Crippen LogP contribution in [0.2, 0.25) is 0 Å². The van der Waals surface area contributed by atoms with Gasteiger partial charge in [0, 0.05) is 24.5 Å². The van der Waals surface area contributed by atoms with E-state index in [0.717, 1.165) is 6.42 Å². The van der Waals surface area contributed by atoms with Gasteiger partial charge in [-0.15, -0.1) is 11.3 Å². The molecule has 0 unspecified atom stereocenters. The molecule has 0 atom stereocenters. The number of nitrogens with one attached hydrogen (secondary N) is 1. The summed E-state index contributed by atoms with van der Waals surface area (Å²) >= 11 is 1.63. The van der Waals surface area contributed by atoms with Crippen LogP contribution in [0.5, 0.6) is 0 Å². The van der Waals surface area contributed by atoms with Crippen molar-refractivity contribution >= 4 is 34.6 Å². The number of nitro groups is 1. The molecule has 2 aromatic rings. The van der Waals surface area contributed by atoms with E-state index in [2.05, 4.69) is 15.3 Å². The van der Waals surface area contributed by atoms with Crippen molar-refractivity contribution in [1.82, 2.24) is 9.97 Å². The van der Waals surface area contributed by atoms with Crippen molar-refractivity contribution in [3.05, 3.63) is 38.8 Å². The smallest absolute Gasteiger partial charge is 0.353 e. The maximum atomic E-state index is 11.6. The lowest BCUT2D eigenvalue weighted by Gasteiger charge is -2.30. The second-order valence-electron chi connectivity index (χ2n) is 6.01. The highest BCUT2D eigenvalue weighted by atomic mass is 32.1. The van der Waals surface area contributed by atoms with E-state index in [1.54, 1.807) is 16.2 Å². The summed E-state index contributed by atoms with van der Waals surface area (Å²) in [5, 5.41) is 25.7. The zero-order valence-electron chi connectivity index (χ0n) is 14.0. The molecule has 0 amide bonds. The number of carboxylic acid groups (broad SMARTS) is 1. The summed E-state index contributed by atoms with van der Waals surface area (Å²) in [5.41, 5.74) is -0.160. The second-order valence-corrected chi connectivity index (χ2v) is 7.04. The van der Waals surface area contributed by atoms with E-state index in [9.17, 15) is 14.9 Å². The van der Waals surface area contributed by atoms with Crippen molar-refractivity contribution in [2.24, 2.45) is 5.92 Å². The lowest BCUT2D eigenvalue weighted by molar-refractivity contribution is -0.383. The minimum Gasteiger partial charge on any atom is -0.481 e. The molecule has 0 radical (unpaired) electrons. The molecule has 10 heteroatoms. The topological polar surface area (TPSA) is 121 Å². The SMILES string of the molecule is O=C(O)C1CCN(c2ncnc(NCCc3cccs3)c2[N+](=O)[O-])CC1. The van der Waals surface area contributed by atoms with E-state index in [1.165, 1.54) is 11.2 Å². The normalized spacial score (nSPS) is 15.0. The third-order valence-corrected chi connectivity index (χ3v) is 5.31. The van der Waals surface area contributed by atoms with Crippen LogP contribution < -0.4 is 10.2 Å². The van der Waals surface area contributed by atoms with Gasteiger partial charge in [0.1, 0.15) is 6.33 Å². The molecule has 0 aliphatic carbocycles. The van der Waals surface area contributed by atoms with Gasteiger partial charge in [-0.1, -0.05) is 6.07 Å². The Hall–Kier alpha value is -2.75. The molecule has 0 bridgehead atoms. The van der Waals surface area contributed by atoms with Gasteiger partial charge < -0.3 is 15.3 Å². The first kappa shape index (κ1) is 18.1. The Bertz CT molecular complexity index is 775. The molecule has 1 aliphatic heterocycles. The van der Waals surface area contributed by atoms with Crippen molar-refractivity contribution in [1.29, 1.82) is 0 Å². The summed E-state index contributed by atoms with van der Waals surface area (Å²) in [7, 11) is 0. The van der Waals surface area contributed by atoms with Gasteiger partial charge >= 0.3 is 11.7 Å². The van der Waals surface area contributed by atoms with Gasteiger partial charge in [-0.3, -0.25) is 14.9 Å². The predicted molar refractivity (Wildman–Crippen MR) is 97.8 cm³/mol. The highest BCUT2D eigenvalue weighted by molar-refractivity contribution is 7.09. The number of anilines is 2. The van der Waals surface area contributed by atoms with Crippen LogP contribution in [0.15, 0.2) is 23.8 Å². The van der Waals surface area contributed by atoms with Gasteiger partial charge in [0.05, 0.1) is 10.8 Å². The summed E-state index contributed by atoms with van der Waals surface area (Å²) in [5.74, 6) is -0.794. The summed E-state index contributed by atoms with van der Waals surface area (Å²) in [4.78, 5) is 33.3. The molecule has 3 rings (SSSR count). The Kier molecular flexibility index (Phi) is 5.61. The molecule has 3 heterocycles. The lowest BCUT2D eigenvalue weighted by Crippen LogP contribution is -2.37. The average Bonchev–Trinajstić information content (AvgIpc) is 3.15. The largest absolute Gasteiger partial charge is 0.481 e. The molecule has 2 aromatic heterocycles. The molecule has 0 aromatic carbocycles. The molecule has 138 valence electrons. The Labute approximate surface area is 153 Å². The Morgan fingerprint density at radius 2 is 2.19 bits per heavy atom. The summed E-state index contributed by atoms with van der Waals surface area (Å²) < 4.78 is 0. The summed E-state index contributed by atoms with van der Waals surface area (Å²) in [6.45, 7) is 1.37. The van der Waals surface area contributed by atoms with E-state index in [4.69, 9.17) is 5.11 Å². The van der Waals surface area contributed by atoms with Crippen molar-refractivity contribution in [2.45, 2.75) is 19.3 Å². The molecular formula is C16H19N5O4S. The fraction of sp³-hybridized carbons (Fsp3) is 0.438. The Morgan fingerprint density at radius 1 is 1.42 bits per heavy atom. The number of nitrogens with zero attached hydrogens (tertiary/aromatic N) is 4. The fourth-order valence-electron chi connectivity index (χ4n) is 3.00. The number of thiophene rings is 1. The Morgan fingerprint density at radius 3 is 2.81 bits per heavy atom. The quantitative estimate of drug-likeness (QED) is 0.557. The van der Waals surface area contributed by atoms with Crippen LogP contribution in [-0.4, -0.2) is 45.6 Å². The highest BCUT2D eigenvalue weighted by Crippen LogP contribution is 2.34. The highest BCUT2D eigenvalue weighted by Gasteiger charge is 2.31. The van der Waals surface area contributed by atoms with Crippen molar-refractivity contribution < 1.29 is 14.8 Å². The van der Waals surface area contributed by atoms with Crippen molar-refractivity contribution in [3.8, 4) is 0 Å². The molecule has 1 aliphatic rings. The molecule has 0 saturated carbocycles. The number of hydrogen-bond acceptors (Lipinski definition) is 8. The predicted octanol–water partition coefficient (Wildman–Crippen LogP) is 2.40. The van der Waals surface area contributed by atoms with E-state index in [-0.39, 0.29) is 17.3 Å². The number of piperidine rings is 1. The van der Waals surface area contributed by atoms with Crippen molar-refractivity contribution in [2.75, 3.05) is 29.9 Å². The molecular weight excluding hydrogens is 358 g/mol. The van der Waals surface area contributed by atoms with Crippen LogP contribution in [0.4, 0.5) is 17.3 Å². The van der Waals surface area contributed by atoms with Gasteiger partial charge in [0.2, 0.25) is 11.6 Å². The van der Waals surface area contributed by atoms with Gasteiger partial charge in [0.15, 0.2) is 0 Å². The lowest BCUT2D eigenvalue weighted by atomic mass is 9.97. The second kappa shape index (κ2) is 8.09. The number of carbonyl (C=O) groups is 1. The first-order chi connectivity index (χ1) is 12.6. The van der Waals surface area contributed by atoms with Gasteiger partial charge in [0.25, 0.3) is 0 Å². The van der Waals surface area contributed by atoms with Gasteiger partial charge in [-0.05, 0) is 30.7 Å². The molecule has 26 heavy (non-hydrogen) atoms. The van der Waals surface area contributed by atoms with E-state index >= 15 is 0 Å². The van der Waals surface area contributed by atoms with Crippen LogP contribution in [0.1, 0.15) is 17.7 Å². The standard InChI is InChI=1S/C16H19N5O4S/c22-16(23)11-4-7-20(8-5-11)15-13(21(24)25)14(18-10-19-15)17-6-3-12-2-1-9-26-12/h1-2,9-11H,3-8H2,(H,22,23)(H,17,18,19). The molecule has 1 fully saturated rings. The molecule has 1 saturated heterocycles. The Balaban J connectivity index is 1.73. The van der Waals surface area contributed by atoms with Crippen LogP contribution in [-0.2, 0) is 11.2 Å². The van der Waals surface area contributed by atoms with Crippen LogP contribution >= 0.6 is 11.3 Å². The third-order valence-electron chi connectivity index (χ3n) is 4.37. The summed E-state index contributed by atoms with van der Waals surface area (Å²) in [6.07, 6.45) is 2.94. The zero-order valence-corrected chi connectivity index (χ0v) is 14.8.